The van der Waals surface area contributed by atoms with E-state index in [1.807, 2.05) is 0 Å². The zero-order valence-electron chi connectivity index (χ0n) is 13.9. The molecule has 2 aromatic rings. The van der Waals surface area contributed by atoms with Crippen molar-refractivity contribution < 1.29 is 32.2 Å². The van der Waals surface area contributed by atoms with Gasteiger partial charge in [-0.2, -0.15) is 18.2 Å². The summed E-state index contributed by atoms with van der Waals surface area (Å²) in [5.41, 5.74) is -0.000128. The van der Waals surface area contributed by atoms with E-state index in [-0.39, 0.29) is 12.2 Å². The van der Waals surface area contributed by atoms with Gasteiger partial charge in [-0.1, -0.05) is 24.3 Å². The number of nitrogens with zero attached hydrogens (tertiary/aromatic N) is 2. The molecule has 2 rings (SSSR count). The summed E-state index contributed by atoms with van der Waals surface area (Å²) in [6.07, 6.45) is -2.43. The summed E-state index contributed by atoms with van der Waals surface area (Å²) >= 11 is 0. The minimum atomic E-state index is -4.60. The minimum absolute atomic E-state index is 0.138. The van der Waals surface area contributed by atoms with Gasteiger partial charge >= 0.3 is 18.2 Å². The fraction of sp³-hybridized carbons (Fsp3) is 0.235. The van der Waals surface area contributed by atoms with Crippen molar-refractivity contribution in [1.29, 1.82) is 0 Å². The van der Waals surface area contributed by atoms with Crippen molar-refractivity contribution in [2.75, 3.05) is 14.2 Å². The molecule has 1 aromatic carbocycles. The van der Waals surface area contributed by atoms with Crippen LogP contribution in [-0.2, 0) is 27.1 Å². The van der Waals surface area contributed by atoms with E-state index >= 15 is 0 Å². The predicted molar refractivity (Wildman–Crippen MR) is 84.8 cm³/mol. The Kier molecular flexibility index (Phi) is 6.16. The number of benzene rings is 1. The highest BCUT2D eigenvalue weighted by Crippen LogP contribution is 2.28. The lowest BCUT2D eigenvalue weighted by Gasteiger charge is -2.12. The van der Waals surface area contributed by atoms with Crippen LogP contribution < -0.4 is 4.74 Å². The number of hydrogen-bond donors (Lipinski definition) is 0. The van der Waals surface area contributed by atoms with E-state index in [0.29, 0.717) is 11.1 Å². The normalized spacial score (nSPS) is 11.8. The smallest absolute Gasteiger partial charge is 0.433 e. The first-order valence-electron chi connectivity index (χ1n) is 7.29. The van der Waals surface area contributed by atoms with Gasteiger partial charge in [-0.05, 0) is 17.2 Å². The second kappa shape index (κ2) is 8.32. The summed E-state index contributed by atoms with van der Waals surface area (Å²) in [7, 11) is 2.60. The van der Waals surface area contributed by atoms with Crippen LogP contribution in [0.2, 0.25) is 0 Å². The molecule has 1 heterocycles. The molecule has 1 aromatic heterocycles. The molecule has 0 spiro atoms. The Morgan fingerprint density at radius 1 is 1.19 bits per heavy atom. The molecule has 0 bridgehead atoms. The Morgan fingerprint density at radius 3 is 2.58 bits per heavy atom. The highest BCUT2D eigenvalue weighted by atomic mass is 19.4. The van der Waals surface area contributed by atoms with E-state index in [1.54, 1.807) is 24.3 Å². The molecule has 0 fully saturated rings. The fourth-order valence-electron chi connectivity index (χ4n) is 2.07. The summed E-state index contributed by atoms with van der Waals surface area (Å²) < 4.78 is 53.0. The van der Waals surface area contributed by atoms with Crippen molar-refractivity contribution in [3.63, 3.8) is 0 Å². The fourth-order valence-corrected chi connectivity index (χ4v) is 2.07. The van der Waals surface area contributed by atoms with Crippen LogP contribution in [0, 0.1) is 0 Å². The average molecular weight is 368 g/mol. The van der Waals surface area contributed by atoms with Crippen LogP contribution in [0.4, 0.5) is 13.2 Å². The molecule has 6 nitrogen and oxygen atoms in total. The average Bonchev–Trinajstić information content (AvgIpc) is 2.64. The number of ether oxygens (including phenoxy) is 3. The molecule has 0 radical (unpaired) electrons. The Morgan fingerprint density at radius 2 is 1.92 bits per heavy atom. The summed E-state index contributed by atoms with van der Waals surface area (Å²) in [5.74, 6) is -0.630. The summed E-state index contributed by atoms with van der Waals surface area (Å²) in [4.78, 5) is 18.9. The van der Waals surface area contributed by atoms with E-state index in [0.717, 1.165) is 12.3 Å². The van der Waals surface area contributed by atoms with Gasteiger partial charge in [0.1, 0.15) is 12.2 Å². The van der Waals surface area contributed by atoms with Crippen molar-refractivity contribution in [2.45, 2.75) is 12.8 Å². The summed E-state index contributed by atoms with van der Waals surface area (Å²) in [6.45, 7) is -0.157. The largest absolute Gasteiger partial charge is 0.503 e. The topological polar surface area (TPSA) is 70.5 Å². The lowest BCUT2D eigenvalue weighted by molar-refractivity contribution is -0.141. The lowest BCUT2D eigenvalue weighted by atomic mass is 10.0. The molecule has 138 valence electrons. The van der Waals surface area contributed by atoms with Crippen molar-refractivity contribution in [3.05, 3.63) is 59.6 Å². The molecule has 0 saturated carbocycles. The first-order valence-corrected chi connectivity index (χ1v) is 7.29. The quantitative estimate of drug-likeness (QED) is 0.443. The van der Waals surface area contributed by atoms with Gasteiger partial charge in [-0.3, -0.25) is 0 Å². The highest BCUT2D eigenvalue weighted by molar-refractivity contribution is 6.16. The van der Waals surface area contributed by atoms with Gasteiger partial charge in [0.15, 0.2) is 5.69 Å². The van der Waals surface area contributed by atoms with Crippen LogP contribution in [0.25, 0.3) is 5.57 Å². The van der Waals surface area contributed by atoms with Crippen LogP contribution in [-0.4, -0.2) is 30.2 Å². The molecule has 0 atom stereocenters. The number of aromatic nitrogens is 2. The number of hydrogen-bond acceptors (Lipinski definition) is 6. The number of rotatable bonds is 6. The molecule has 0 unspecified atom stereocenters. The van der Waals surface area contributed by atoms with E-state index in [2.05, 4.69) is 9.97 Å². The van der Waals surface area contributed by atoms with Crippen LogP contribution in [0.1, 0.15) is 16.8 Å². The van der Waals surface area contributed by atoms with Gasteiger partial charge in [0, 0.05) is 6.20 Å². The molecule has 0 aliphatic heterocycles. The number of methoxy groups -OCH3 is 2. The van der Waals surface area contributed by atoms with Gasteiger partial charge in [-0.15, -0.1) is 0 Å². The third-order valence-corrected chi connectivity index (χ3v) is 3.23. The molecule has 0 aliphatic carbocycles. The lowest BCUT2D eigenvalue weighted by Crippen LogP contribution is -2.11. The molecule has 26 heavy (non-hydrogen) atoms. The maximum atomic E-state index is 12.7. The number of esters is 1. The third kappa shape index (κ3) is 4.71. The van der Waals surface area contributed by atoms with E-state index in [9.17, 15) is 18.0 Å². The van der Waals surface area contributed by atoms with Gasteiger partial charge in [-0.25, -0.2) is 9.78 Å². The molecule has 0 N–H and O–H groups in total. The third-order valence-electron chi connectivity index (χ3n) is 3.23. The Balaban J connectivity index is 2.26. The summed E-state index contributed by atoms with van der Waals surface area (Å²) in [6, 6.07) is 6.98. The van der Waals surface area contributed by atoms with Crippen LogP contribution in [0.5, 0.6) is 6.01 Å². The van der Waals surface area contributed by atoms with E-state index < -0.39 is 23.8 Å². The standard InChI is InChI=1S/C17H15F3N2O4/c1-24-10-13(15(23)25-2)12-6-4-3-5-11(12)9-26-16-21-8-7-14(22-16)17(18,19)20/h3-8,10H,9H2,1-2H3. The predicted octanol–water partition coefficient (Wildman–Crippen LogP) is 3.23. The Labute approximate surface area is 147 Å². The molecular weight excluding hydrogens is 353 g/mol. The molecule has 0 saturated heterocycles. The van der Waals surface area contributed by atoms with Gasteiger partial charge < -0.3 is 14.2 Å². The van der Waals surface area contributed by atoms with Crippen molar-refractivity contribution in [2.24, 2.45) is 0 Å². The molecule has 9 heteroatoms. The van der Waals surface area contributed by atoms with Crippen LogP contribution in [0.3, 0.4) is 0 Å². The van der Waals surface area contributed by atoms with Crippen molar-refractivity contribution >= 4 is 11.5 Å². The maximum absolute atomic E-state index is 12.7. The molecule has 0 aliphatic rings. The second-order valence-corrected chi connectivity index (χ2v) is 4.93. The Bertz CT molecular complexity index is 807. The van der Waals surface area contributed by atoms with Crippen molar-refractivity contribution in [3.8, 4) is 6.01 Å². The summed E-state index contributed by atoms with van der Waals surface area (Å²) in [5, 5.41) is 0. The van der Waals surface area contributed by atoms with Crippen molar-refractivity contribution in [1.82, 2.24) is 9.97 Å². The van der Waals surface area contributed by atoms with E-state index in [4.69, 9.17) is 14.2 Å². The molecule has 0 amide bonds. The SMILES string of the molecule is COC=C(C(=O)OC)c1ccccc1COc1nccc(C(F)(F)F)n1. The van der Waals surface area contributed by atoms with E-state index in [1.165, 1.54) is 20.5 Å². The monoisotopic (exact) mass is 368 g/mol. The van der Waals surface area contributed by atoms with Crippen LogP contribution >= 0.6 is 0 Å². The van der Waals surface area contributed by atoms with Gasteiger partial charge in [0.2, 0.25) is 0 Å². The number of carbonyl (C=O) groups is 1. The number of carbonyl (C=O) groups excluding carboxylic acids is 1. The first kappa shape index (κ1) is 19.2. The number of halogens is 3. The van der Waals surface area contributed by atoms with Gasteiger partial charge in [0.25, 0.3) is 0 Å². The molecular formula is C17H15F3N2O4. The maximum Gasteiger partial charge on any atom is 0.433 e. The van der Waals surface area contributed by atoms with Crippen LogP contribution in [0.15, 0.2) is 42.8 Å². The highest BCUT2D eigenvalue weighted by Gasteiger charge is 2.33. The first-order chi connectivity index (χ1) is 12.4. The second-order valence-electron chi connectivity index (χ2n) is 4.93. The zero-order chi connectivity index (χ0) is 19.2. The Hall–Kier alpha value is -3.10. The van der Waals surface area contributed by atoms with Gasteiger partial charge in [0.05, 0.1) is 20.5 Å². The zero-order valence-corrected chi connectivity index (χ0v) is 13.9. The number of alkyl halides is 3. The minimum Gasteiger partial charge on any atom is -0.503 e.